The first-order valence-corrected chi connectivity index (χ1v) is 7.65. The van der Waals surface area contributed by atoms with Crippen molar-refractivity contribution in [1.29, 1.82) is 0 Å². The monoisotopic (exact) mass is 291 g/mol. The van der Waals surface area contributed by atoms with E-state index in [1.807, 2.05) is 44.6 Å². The van der Waals surface area contributed by atoms with Gasteiger partial charge in [-0.15, -0.1) is 11.3 Å². The summed E-state index contributed by atoms with van der Waals surface area (Å²) < 4.78 is 1.90. The Morgan fingerprint density at radius 3 is 2.65 bits per heavy atom. The Balaban J connectivity index is 2.12. The highest BCUT2D eigenvalue weighted by molar-refractivity contribution is 7.14. The van der Waals surface area contributed by atoms with Gasteiger partial charge in [0, 0.05) is 23.2 Å². The number of aromatic nitrogens is 2. The van der Waals surface area contributed by atoms with Crippen LogP contribution in [0.25, 0.3) is 0 Å². The molecule has 0 spiro atoms. The fourth-order valence-electron chi connectivity index (χ4n) is 2.15. The predicted molar refractivity (Wildman–Crippen MR) is 82.3 cm³/mol. The van der Waals surface area contributed by atoms with Crippen LogP contribution >= 0.6 is 11.3 Å². The van der Waals surface area contributed by atoms with Gasteiger partial charge in [-0.25, -0.2) is 0 Å². The molecule has 0 aliphatic heterocycles. The van der Waals surface area contributed by atoms with Gasteiger partial charge in [-0.05, 0) is 46.2 Å². The van der Waals surface area contributed by atoms with E-state index in [1.165, 1.54) is 10.4 Å². The molecule has 0 bridgehead atoms. The SMILES string of the molecule is CCn1cc(C(C)NC(=O)c2cc(C)c(C)s2)c(C)n1. The van der Waals surface area contributed by atoms with Crippen molar-refractivity contribution in [2.24, 2.45) is 0 Å². The highest BCUT2D eigenvalue weighted by Gasteiger charge is 2.17. The van der Waals surface area contributed by atoms with Gasteiger partial charge >= 0.3 is 0 Å². The van der Waals surface area contributed by atoms with E-state index in [1.54, 1.807) is 11.3 Å². The molecule has 1 N–H and O–H groups in total. The maximum absolute atomic E-state index is 12.3. The summed E-state index contributed by atoms with van der Waals surface area (Å²) in [6.45, 7) is 10.9. The fourth-order valence-corrected chi connectivity index (χ4v) is 3.09. The zero-order valence-electron chi connectivity index (χ0n) is 12.7. The molecule has 1 amide bonds. The summed E-state index contributed by atoms with van der Waals surface area (Å²) in [5, 5.41) is 7.47. The van der Waals surface area contributed by atoms with Gasteiger partial charge in [0.1, 0.15) is 0 Å². The van der Waals surface area contributed by atoms with Gasteiger partial charge in [0.15, 0.2) is 0 Å². The lowest BCUT2D eigenvalue weighted by Crippen LogP contribution is -2.26. The lowest BCUT2D eigenvalue weighted by atomic mass is 10.1. The molecule has 1 atom stereocenters. The predicted octanol–water partition coefficient (Wildman–Crippen LogP) is 3.38. The molecule has 0 aliphatic carbocycles. The largest absolute Gasteiger partial charge is 0.345 e. The van der Waals surface area contributed by atoms with Crippen molar-refractivity contribution >= 4 is 17.2 Å². The minimum absolute atomic E-state index is 0.0117. The van der Waals surface area contributed by atoms with Crippen LogP contribution in [0.2, 0.25) is 0 Å². The Hall–Kier alpha value is -1.62. The second-order valence-corrected chi connectivity index (χ2v) is 6.33. The number of rotatable bonds is 4. The van der Waals surface area contributed by atoms with E-state index in [2.05, 4.69) is 17.3 Å². The van der Waals surface area contributed by atoms with E-state index in [9.17, 15) is 4.79 Å². The maximum Gasteiger partial charge on any atom is 0.261 e. The quantitative estimate of drug-likeness (QED) is 0.938. The van der Waals surface area contributed by atoms with Crippen LogP contribution in [0.4, 0.5) is 0 Å². The summed E-state index contributed by atoms with van der Waals surface area (Å²) in [5.74, 6) is -0.0117. The third kappa shape index (κ3) is 2.93. The van der Waals surface area contributed by atoms with E-state index in [0.29, 0.717) is 0 Å². The number of aryl methyl sites for hydroxylation is 4. The summed E-state index contributed by atoms with van der Waals surface area (Å²) in [6.07, 6.45) is 2.01. The molecule has 0 aliphatic rings. The van der Waals surface area contributed by atoms with Crippen LogP contribution in [0, 0.1) is 20.8 Å². The lowest BCUT2D eigenvalue weighted by molar-refractivity contribution is 0.0944. The van der Waals surface area contributed by atoms with Crippen LogP contribution in [-0.4, -0.2) is 15.7 Å². The molecule has 1 unspecified atom stereocenters. The van der Waals surface area contributed by atoms with Crippen molar-refractivity contribution in [3.05, 3.63) is 38.8 Å². The molecule has 2 aromatic rings. The van der Waals surface area contributed by atoms with Gasteiger partial charge in [0.05, 0.1) is 16.6 Å². The Morgan fingerprint density at radius 2 is 2.15 bits per heavy atom. The number of thiophene rings is 1. The standard InChI is InChI=1S/C15H21N3OS/c1-6-18-8-13(11(4)17-18)10(3)16-15(19)14-7-9(2)12(5)20-14/h7-8,10H,6H2,1-5H3,(H,16,19). The number of carbonyl (C=O) groups excluding carboxylic acids is 1. The topological polar surface area (TPSA) is 46.9 Å². The molecule has 2 heterocycles. The van der Waals surface area contributed by atoms with E-state index >= 15 is 0 Å². The second kappa shape index (κ2) is 5.79. The molecular formula is C15H21N3OS. The molecule has 20 heavy (non-hydrogen) atoms. The maximum atomic E-state index is 12.3. The van der Waals surface area contributed by atoms with Crippen molar-refractivity contribution in [2.45, 2.75) is 47.2 Å². The Bertz CT molecular complexity index is 608. The van der Waals surface area contributed by atoms with Crippen LogP contribution in [0.5, 0.6) is 0 Å². The number of nitrogens with one attached hydrogen (secondary N) is 1. The van der Waals surface area contributed by atoms with Crippen LogP contribution in [-0.2, 0) is 6.54 Å². The molecule has 0 aromatic carbocycles. The van der Waals surface area contributed by atoms with E-state index in [-0.39, 0.29) is 11.9 Å². The summed E-state index contributed by atoms with van der Waals surface area (Å²) >= 11 is 1.54. The minimum atomic E-state index is -0.0366. The fraction of sp³-hybridized carbons (Fsp3) is 0.467. The van der Waals surface area contributed by atoms with Gasteiger partial charge in [0.2, 0.25) is 0 Å². The lowest BCUT2D eigenvalue weighted by Gasteiger charge is -2.12. The van der Waals surface area contributed by atoms with Crippen LogP contribution in [0.1, 0.15) is 51.3 Å². The molecule has 0 saturated heterocycles. The van der Waals surface area contributed by atoms with Crippen molar-refractivity contribution in [3.8, 4) is 0 Å². The van der Waals surface area contributed by atoms with Gasteiger partial charge in [-0.2, -0.15) is 5.10 Å². The van der Waals surface area contributed by atoms with Crippen LogP contribution < -0.4 is 5.32 Å². The summed E-state index contributed by atoms with van der Waals surface area (Å²) in [4.78, 5) is 14.2. The molecule has 5 heteroatoms. The van der Waals surface area contributed by atoms with Gasteiger partial charge < -0.3 is 5.32 Å². The first kappa shape index (κ1) is 14.8. The molecule has 2 aromatic heterocycles. The van der Waals surface area contributed by atoms with Crippen molar-refractivity contribution < 1.29 is 4.79 Å². The Kier molecular flexibility index (Phi) is 4.28. The number of hydrogen-bond acceptors (Lipinski definition) is 3. The highest BCUT2D eigenvalue weighted by atomic mass is 32.1. The molecule has 4 nitrogen and oxygen atoms in total. The molecule has 2 rings (SSSR count). The Labute approximate surface area is 123 Å². The van der Waals surface area contributed by atoms with E-state index in [0.717, 1.165) is 22.7 Å². The highest BCUT2D eigenvalue weighted by Crippen LogP contribution is 2.22. The smallest absolute Gasteiger partial charge is 0.261 e. The van der Waals surface area contributed by atoms with E-state index in [4.69, 9.17) is 0 Å². The van der Waals surface area contributed by atoms with Gasteiger partial charge in [-0.1, -0.05) is 0 Å². The minimum Gasteiger partial charge on any atom is -0.345 e. The van der Waals surface area contributed by atoms with Gasteiger partial charge in [-0.3, -0.25) is 9.48 Å². The summed E-state index contributed by atoms with van der Waals surface area (Å²) in [6, 6.07) is 1.91. The summed E-state index contributed by atoms with van der Waals surface area (Å²) in [5.41, 5.74) is 3.21. The number of carbonyl (C=O) groups is 1. The molecular weight excluding hydrogens is 270 g/mol. The Morgan fingerprint density at radius 1 is 1.45 bits per heavy atom. The third-order valence-electron chi connectivity index (χ3n) is 3.51. The van der Waals surface area contributed by atoms with Crippen molar-refractivity contribution in [3.63, 3.8) is 0 Å². The summed E-state index contributed by atoms with van der Waals surface area (Å²) in [7, 11) is 0. The average molecular weight is 291 g/mol. The first-order chi connectivity index (χ1) is 9.42. The van der Waals surface area contributed by atoms with Crippen LogP contribution in [0.15, 0.2) is 12.3 Å². The van der Waals surface area contributed by atoms with Crippen molar-refractivity contribution in [1.82, 2.24) is 15.1 Å². The normalized spacial score (nSPS) is 12.4. The average Bonchev–Trinajstić information content (AvgIpc) is 2.93. The molecule has 0 saturated carbocycles. The van der Waals surface area contributed by atoms with Crippen LogP contribution in [0.3, 0.4) is 0 Å². The van der Waals surface area contributed by atoms with E-state index < -0.39 is 0 Å². The number of hydrogen-bond donors (Lipinski definition) is 1. The second-order valence-electron chi connectivity index (χ2n) is 5.07. The molecule has 0 fully saturated rings. The molecule has 0 radical (unpaired) electrons. The first-order valence-electron chi connectivity index (χ1n) is 6.84. The van der Waals surface area contributed by atoms with Crippen molar-refractivity contribution in [2.75, 3.05) is 0 Å². The third-order valence-corrected chi connectivity index (χ3v) is 4.66. The number of amides is 1. The molecule has 108 valence electrons. The number of nitrogens with zero attached hydrogens (tertiary/aromatic N) is 2. The van der Waals surface area contributed by atoms with Gasteiger partial charge in [0.25, 0.3) is 5.91 Å². The zero-order valence-corrected chi connectivity index (χ0v) is 13.5. The zero-order chi connectivity index (χ0) is 14.9.